The summed E-state index contributed by atoms with van der Waals surface area (Å²) in [6.07, 6.45) is 8.35. The van der Waals surface area contributed by atoms with Gasteiger partial charge >= 0.3 is 0 Å². The number of halogens is 1. The van der Waals surface area contributed by atoms with E-state index in [4.69, 9.17) is 16.3 Å². The molecule has 2 saturated carbocycles. The molecule has 19 heavy (non-hydrogen) atoms. The number of hydrogen-bond acceptors (Lipinski definition) is 2. The second-order valence-corrected chi connectivity index (χ2v) is 6.36. The van der Waals surface area contributed by atoms with E-state index in [0.29, 0.717) is 11.1 Å². The first-order chi connectivity index (χ1) is 9.26. The summed E-state index contributed by atoms with van der Waals surface area (Å²) in [5.41, 5.74) is 1.13. The van der Waals surface area contributed by atoms with Gasteiger partial charge in [0.25, 0.3) is 0 Å². The largest absolute Gasteiger partial charge is 0.495 e. The average Bonchev–Trinajstić information content (AvgIpc) is 3.26. The van der Waals surface area contributed by atoms with Crippen molar-refractivity contribution < 1.29 is 4.74 Å². The van der Waals surface area contributed by atoms with Crippen LogP contribution in [0.15, 0.2) is 18.2 Å². The second kappa shape index (κ2) is 5.62. The van der Waals surface area contributed by atoms with Gasteiger partial charge in [0.15, 0.2) is 0 Å². The highest BCUT2D eigenvalue weighted by Gasteiger charge is 2.34. The molecule has 0 heterocycles. The molecular formula is C16H22ClNO. The van der Waals surface area contributed by atoms with Crippen molar-refractivity contribution in [2.24, 2.45) is 11.8 Å². The van der Waals surface area contributed by atoms with Crippen molar-refractivity contribution in [1.29, 1.82) is 0 Å². The lowest BCUT2D eigenvalue weighted by Gasteiger charge is -2.30. The average molecular weight is 280 g/mol. The standard InChI is InChI=1S/C16H22ClNO/c1-19-16-10-14(7-8-15(16)17)18-13-4-2-3-12(9-13)11-5-6-11/h7-8,10-13,18H,2-6,9H2,1H3. The van der Waals surface area contributed by atoms with Crippen molar-refractivity contribution in [1.82, 2.24) is 0 Å². The van der Waals surface area contributed by atoms with Crippen molar-refractivity contribution in [3.05, 3.63) is 23.2 Å². The van der Waals surface area contributed by atoms with Gasteiger partial charge in [-0.2, -0.15) is 0 Å². The Morgan fingerprint density at radius 1 is 1.16 bits per heavy atom. The van der Waals surface area contributed by atoms with Gasteiger partial charge < -0.3 is 10.1 Å². The summed E-state index contributed by atoms with van der Waals surface area (Å²) in [5.74, 6) is 2.74. The van der Waals surface area contributed by atoms with Crippen LogP contribution in [-0.4, -0.2) is 13.2 Å². The smallest absolute Gasteiger partial charge is 0.139 e. The summed E-state index contributed by atoms with van der Waals surface area (Å²) in [6.45, 7) is 0. The maximum Gasteiger partial charge on any atom is 0.139 e. The minimum absolute atomic E-state index is 0.616. The van der Waals surface area contributed by atoms with Gasteiger partial charge in [-0.1, -0.05) is 24.4 Å². The number of anilines is 1. The van der Waals surface area contributed by atoms with Crippen molar-refractivity contribution in [3.63, 3.8) is 0 Å². The van der Waals surface area contributed by atoms with E-state index in [9.17, 15) is 0 Å². The molecule has 0 aliphatic heterocycles. The summed E-state index contributed by atoms with van der Waals surface area (Å²) >= 11 is 6.06. The van der Waals surface area contributed by atoms with E-state index in [0.717, 1.165) is 23.3 Å². The summed E-state index contributed by atoms with van der Waals surface area (Å²) < 4.78 is 5.27. The quantitative estimate of drug-likeness (QED) is 0.860. The van der Waals surface area contributed by atoms with E-state index in [-0.39, 0.29) is 0 Å². The topological polar surface area (TPSA) is 21.3 Å². The molecular weight excluding hydrogens is 258 g/mol. The third-order valence-corrected chi connectivity index (χ3v) is 4.84. The molecule has 1 aromatic rings. The minimum atomic E-state index is 0.616. The highest BCUT2D eigenvalue weighted by Crippen LogP contribution is 2.44. The molecule has 2 unspecified atom stereocenters. The monoisotopic (exact) mass is 279 g/mol. The molecule has 3 heteroatoms. The van der Waals surface area contributed by atoms with Crippen molar-refractivity contribution in [2.75, 3.05) is 12.4 Å². The van der Waals surface area contributed by atoms with Crippen LogP contribution in [-0.2, 0) is 0 Å². The lowest BCUT2D eigenvalue weighted by Crippen LogP contribution is -2.28. The summed E-state index contributed by atoms with van der Waals surface area (Å²) in [4.78, 5) is 0. The first-order valence-electron chi connectivity index (χ1n) is 7.36. The summed E-state index contributed by atoms with van der Waals surface area (Å²) in [7, 11) is 1.66. The van der Waals surface area contributed by atoms with Crippen molar-refractivity contribution >= 4 is 17.3 Å². The number of hydrogen-bond donors (Lipinski definition) is 1. The molecule has 2 aliphatic rings. The Kier molecular flexibility index (Phi) is 3.88. The molecule has 2 aliphatic carbocycles. The zero-order chi connectivity index (χ0) is 13.2. The van der Waals surface area contributed by atoms with E-state index in [1.165, 1.54) is 38.5 Å². The van der Waals surface area contributed by atoms with Crippen LogP contribution < -0.4 is 10.1 Å². The van der Waals surface area contributed by atoms with Crippen LogP contribution in [0, 0.1) is 11.8 Å². The van der Waals surface area contributed by atoms with Crippen LogP contribution in [0.1, 0.15) is 38.5 Å². The Bertz CT molecular complexity index is 444. The van der Waals surface area contributed by atoms with Crippen LogP contribution >= 0.6 is 11.6 Å². The maximum absolute atomic E-state index is 6.06. The lowest BCUT2D eigenvalue weighted by molar-refractivity contribution is 0.303. The zero-order valence-corrected chi connectivity index (χ0v) is 12.2. The van der Waals surface area contributed by atoms with Crippen LogP contribution in [0.4, 0.5) is 5.69 Å². The first kappa shape index (κ1) is 13.1. The molecule has 0 amide bonds. The molecule has 0 saturated heterocycles. The summed E-state index contributed by atoms with van der Waals surface area (Å²) in [6, 6.07) is 6.57. The van der Waals surface area contributed by atoms with Crippen LogP contribution in [0.3, 0.4) is 0 Å². The van der Waals surface area contributed by atoms with E-state index in [2.05, 4.69) is 5.32 Å². The van der Waals surface area contributed by atoms with Gasteiger partial charge in [-0.05, 0) is 49.7 Å². The lowest BCUT2D eigenvalue weighted by atomic mass is 9.82. The second-order valence-electron chi connectivity index (χ2n) is 5.95. The van der Waals surface area contributed by atoms with Crippen molar-refractivity contribution in [2.45, 2.75) is 44.6 Å². The fourth-order valence-electron chi connectivity index (χ4n) is 3.34. The number of ether oxygens (including phenoxy) is 1. The normalized spacial score (nSPS) is 27.1. The highest BCUT2D eigenvalue weighted by atomic mass is 35.5. The van der Waals surface area contributed by atoms with Crippen LogP contribution in [0.5, 0.6) is 5.75 Å². The Morgan fingerprint density at radius 3 is 2.74 bits per heavy atom. The predicted molar refractivity (Wildman–Crippen MR) is 80.1 cm³/mol. The third kappa shape index (κ3) is 3.17. The van der Waals surface area contributed by atoms with Crippen LogP contribution in [0.2, 0.25) is 5.02 Å². The number of nitrogens with one attached hydrogen (secondary N) is 1. The highest BCUT2D eigenvalue weighted by molar-refractivity contribution is 6.32. The fraction of sp³-hybridized carbons (Fsp3) is 0.625. The third-order valence-electron chi connectivity index (χ3n) is 4.53. The molecule has 2 nitrogen and oxygen atoms in total. The van der Waals surface area contributed by atoms with Gasteiger partial charge in [0.05, 0.1) is 12.1 Å². The van der Waals surface area contributed by atoms with Gasteiger partial charge in [-0.3, -0.25) is 0 Å². The van der Waals surface area contributed by atoms with Crippen LogP contribution in [0.25, 0.3) is 0 Å². The van der Waals surface area contributed by atoms with E-state index in [1.807, 2.05) is 18.2 Å². The zero-order valence-electron chi connectivity index (χ0n) is 11.5. The molecule has 1 N–H and O–H groups in total. The van der Waals surface area contributed by atoms with Crippen molar-refractivity contribution in [3.8, 4) is 5.75 Å². The van der Waals surface area contributed by atoms with Gasteiger partial charge in [-0.25, -0.2) is 0 Å². The summed E-state index contributed by atoms with van der Waals surface area (Å²) in [5, 5.41) is 4.33. The van der Waals surface area contributed by atoms with E-state index >= 15 is 0 Å². The maximum atomic E-state index is 6.06. The van der Waals surface area contributed by atoms with Gasteiger partial charge in [0.2, 0.25) is 0 Å². The van der Waals surface area contributed by atoms with E-state index in [1.54, 1.807) is 7.11 Å². The molecule has 1 aromatic carbocycles. The van der Waals surface area contributed by atoms with Gasteiger partial charge in [-0.15, -0.1) is 0 Å². The molecule has 3 rings (SSSR count). The van der Waals surface area contributed by atoms with Gasteiger partial charge in [0, 0.05) is 17.8 Å². The fourth-order valence-corrected chi connectivity index (χ4v) is 3.53. The van der Waals surface area contributed by atoms with E-state index < -0.39 is 0 Å². The Hall–Kier alpha value is -0.890. The molecule has 104 valence electrons. The number of methoxy groups -OCH3 is 1. The first-order valence-corrected chi connectivity index (χ1v) is 7.74. The Balaban J connectivity index is 1.63. The molecule has 0 radical (unpaired) electrons. The molecule has 0 spiro atoms. The SMILES string of the molecule is COc1cc(NC2CCCC(C3CC3)C2)ccc1Cl. The molecule has 2 atom stereocenters. The predicted octanol–water partition coefficient (Wildman–Crippen LogP) is 4.73. The number of benzene rings is 1. The number of rotatable bonds is 4. The van der Waals surface area contributed by atoms with Gasteiger partial charge in [0.1, 0.15) is 5.75 Å². The molecule has 2 fully saturated rings. The minimum Gasteiger partial charge on any atom is -0.495 e. The molecule has 0 bridgehead atoms. The molecule has 0 aromatic heterocycles. The Morgan fingerprint density at radius 2 is 2.00 bits per heavy atom. The Labute approximate surface area is 120 Å².